The van der Waals surface area contributed by atoms with Gasteiger partial charge in [-0.15, -0.1) is 0 Å². The van der Waals surface area contributed by atoms with Crippen LogP contribution >= 0.6 is 11.3 Å². The third kappa shape index (κ3) is 3.94. The Bertz CT molecular complexity index is 1280. The molecular formula is C20H19N7O3S. The highest BCUT2D eigenvalue weighted by atomic mass is 32.1. The molecule has 0 saturated heterocycles. The third-order valence-electron chi connectivity index (χ3n) is 4.46. The first-order valence-electron chi connectivity index (χ1n) is 9.19. The van der Waals surface area contributed by atoms with Gasteiger partial charge >= 0.3 is 0 Å². The summed E-state index contributed by atoms with van der Waals surface area (Å²) in [4.78, 5) is 39.0. The maximum absolute atomic E-state index is 12.7. The molecule has 0 aromatic carbocycles. The lowest BCUT2D eigenvalue weighted by molar-refractivity contribution is 0.0826. The lowest BCUT2D eigenvalue weighted by Gasteiger charge is -2.09. The molecule has 0 fully saturated rings. The lowest BCUT2D eigenvalue weighted by atomic mass is 10.1. The smallest absolute Gasteiger partial charge is 0.276 e. The molecule has 0 unspecified atom stereocenters. The van der Waals surface area contributed by atoms with Gasteiger partial charge in [0.25, 0.3) is 11.8 Å². The fraction of sp³-hybridized carbons (Fsp3) is 0.200. The Morgan fingerprint density at radius 3 is 2.58 bits per heavy atom. The van der Waals surface area contributed by atoms with Crippen molar-refractivity contribution in [3.05, 3.63) is 48.2 Å². The molecule has 0 aliphatic heterocycles. The minimum absolute atomic E-state index is 0.173. The van der Waals surface area contributed by atoms with Gasteiger partial charge in [0, 0.05) is 50.9 Å². The van der Waals surface area contributed by atoms with Crippen molar-refractivity contribution in [2.24, 2.45) is 7.05 Å². The van der Waals surface area contributed by atoms with Gasteiger partial charge < -0.3 is 9.64 Å². The van der Waals surface area contributed by atoms with E-state index >= 15 is 0 Å². The monoisotopic (exact) mass is 437 g/mol. The second kappa shape index (κ2) is 8.11. The van der Waals surface area contributed by atoms with Crippen LogP contribution in [0, 0.1) is 0 Å². The van der Waals surface area contributed by atoms with Crippen molar-refractivity contribution >= 4 is 38.5 Å². The van der Waals surface area contributed by atoms with Gasteiger partial charge in [0.05, 0.1) is 23.6 Å². The molecule has 0 atom stereocenters. The topological polar surface area (TPSA) is 115 Å². The molecule has 11 heteroatoms. The molecule has 1 N–H and O–H groups in total. The van der Waals surface area contributed by atoms with E-state index in [1.54, 1.807) is 37.2 Å². The number of hydrogen-bond acceptors (Lipinski definition) is 8. The standard InChI is InChI=1S/C20H19N7O3S/c1-26(2)19(29)11-5-6-14(21-7-11)17(28)25-20-24-15-16(31-20)13(9-22-18(15)30-4)12-8-23-27(3)10-12/h5-10H,1-4H3,(H,24,25,28). The Morgan fingerprint density at radius 1 is 1.16 bits per heavy atom. The molecule has 10 nitrogen and oxygen atoms in total. The minimum Gasteiger partial charge on any atom is -0.479 e. The highest BCUT2D eigenvalue weighted by Gasteiger charge is 2.19. The van der Waals surface area contributed by atoms with Crippen LogP contribution in [0.4, 0.5) is 5.13 Å². The van der Waals surface area contributed by atoms with E-state index in [-0.39, 0.29) is 11.6 Å². The lowest BCUT2D eigenvalue weighted by Crippen LogP contribution is -2.22. The quantitative estimate of drug-likeness (QED) is 0.510. The Balaban J connectivity index is 1.64. The predicted octanol–water partition coefficient (Wildman–Crippen LogP) is 2.45. The Morgan fingerprint density at radius 2 is 1.97 bits per heavy atom. The van der Waals surface area contributed by atoms with Gasteiger partial charge in [-0.25, -0.2) is 9.97 Å². The molecule has 2 amide bonds. The molecular weight excluding hydrogens is 418 g/mol. The van der Waals surface area contributed by atoms with Crippen molar-refractivity contribution in [2.45, 2.75) is 0 Å². The maximum Gasteiger partial charge on any atom is 0.276 e. The highest BCUT2D eigenvalue weighted by molar-refractivity contribution is 7.23. The van der Waals surface area contributed by atoms with Gasteiger partial charge in [0.2, 0.25) is 5.88 Å². The van der Waals surface area contributed by atoms with E-state index in [1.165, 1.54) is 35.6 Å². The molecule has 4 rings (SSSR count). The largest absolute Gasteiger partial charge is 0.479 e. The zero-order valence-electron chi connectivity index (χ0n) is 17.3. The van der Waals surface area contributed by atoms with E-state index < -0.39 is 5.91 Å². The highest BCUT2D eigenvalue weighted by Crippen LogP contribution is 2.38. The average Bonchev–Trinajstić information content (AvgIpc) is 3.38. The second-order valence-electron chi connectivity index (χ2n) is 6.87. The van der Waals surface area contributed by atoms with E-state index in [0.717, 1.165) is 15.8 Å². The van der Waals surface area contributed by atoms with Crippen LogP contribution in [0.1, 0.15) is 20.8 Å². The summed E-state index contributed by atoms with van der Waals surface area (Å²) in [6.07, 6.45) is 6.69. The molecule has 0 bridgehead atoms. The van der Waals surface area contributed by atoms with Gasteiger partial charge in [-0.2, -0.15) is 5.10 Å². The number of nitrogens with one attached hydrogen (secondary N) is 1. The summed E-state index contributed by atoms with van der Waals surface area (Å²) in [7, 11) is 6.65. The molecule has 31 heavy (non-hydrogen) atoms. The SMILES string of the molecule is COc1ncc(-c2cnn(C)c2)c2sc(NC(=O)c3ccc(C(=O)N(C)C)cn3)nc12. The number of methoxy groups -OCH3 is 1. The number of hydrogen-bond donors (Lipinski definition) is 1. The Labute approximate surface area is 181 Å². The van der Waals surface area contributed by atoms with E-state index in [9.17, 15) is 9.59 Å². The normalized spacial score (nSPS) is 10.8. The fourth-order valence-corrected chi connectivity index (χ4v) is 3.92. The van der Waals surface area contributed by atoms with Crippen LogP contribution in [-0.2, 0) is 7.05 Å². The van der Waals surface area contributed by atoms with Crippen LogP contribution < -0.4 is 10.1 Å². The summed E-state index contributed by atoms with van der Waals surface area (Å²) in [6.45, 7) is 0. The number of carbonyl (C=O) groups excluding carboxylic acids is 2. The number of amides is 2. The van der Waals surface area contributed by atoms with E-state index in [1.807, 2.05) is 13.2 Å². The molecule has 0 spiro atoms. The molecule has 0 aliphatic rings. The number of rotatable bonds is 5. The zero-order chi connectivity index (χ0) is 22.1. The second-order valence-corrected chi connectivity index (χ2v) is 7.87. The van der Waals surface area contributed by atoms with Crippen molar-refractivity contribution in [1.29, 1.82) is 0 Å². The number of anilines is 1. The first kappa shape index (κ1) is 20.4. The van der Waals surface area contributed by atoms with Gasteiger partial charge in [-0.1, -0.05) is 11.3 Å². The zero-order valence-corrected chi connectivity index (χ0v) is 18.1. The van der Waals surface area contributed by atoms with Crippen LogP contribution in [0.25, 0.3) is 21.3 Å². The molecule has 4 heterocycles. The molecule has 158 valence electrons. The number of ether oxygens (including phenoxy) is 1. The fourth-order valence-electron chi connectivity index (χ4n) is 2.93. The van der Waals surface area contributed by atoms with Crippen molar-refractivity contribution < 1.29 is 14.3 Å². The number of pyridine rings is 2. The molecule has 4 aromatic heterocycles. The minimum atomic E-state index is -0.433. The summed E-state index contributed by atoms with van der Waals surface area (Å²) in [6, 6.07) is 3.07. The van der Waals surface area contributed by atoms with Crippen molar-refractivity contribution in [1.82, 2.24) is 29.6 Å². The first-order chi connectivity index (χ1) is 14.9. The Hall–Kier alpha value is -3.86. The van der Waals surface area contributed by atoms with Gasteiger partial charge in [-0.05, 0) is 12.1 Å². The Kier molecular flexibility index (Phi) is 5.34. The number of aryl methyl sites for hydroxylation is 1. The van der Waals surface area contributed by atoms with E-state index in [4.69, 9.17) is 4.74 Å². The molecule has 0 aliphatic carbocycles. The number of fused-ring (bicyclic) bond motifs is 1. The number of nitrogens with zero attached hydrogens (tertiary/aromatic N) is 6. The van der Waals surface area contributed by atoms with Gasteiger partial charge in [0.1, 0.15) is 11.2 Å². The first-order valence-corrected chi connectivity index (χ1v) is 10.0. The number of aromatic nitrogens is 5. The summed E-state index contributed by atoms with van der Waals surface area (Å²) in [5, 5.41) is 7.35. The molecule has 0 saturated carbocycles. The van der Waals surface area contributed by atoms with Crippen molar-refractivity contribution in [3.8, 4) is 17.0 Å². The average molecular weight is 437 g/mol. The van der Waals surface area contributed by atoms with Gasteiger partial charge in [-0.3, -0.25) is 24.6 Å². The van der Waals surface area contributed by atoms with E-state index in [0.29, 0.717) is 22.1 Å². The van der Waals surface area contributed by atoms with Crippen LogP contribution in [0.2, 0.25) is 0 Å². The van der Waals surface area contributed by atoms with Crippen LogP contribution in [-0.4, -0.2) is 62.7 Å². The number of carbonyl (C=O) groups is 2. The van der Waals surface area contributed by atoms with Gasteiger partial charge in [0.15, 0.2) is 5.13 Å². The molecule has 0 radical (unpaired) electrons. The van der Waals surface area contributed by atoms with Crippen molar-refractivity contribution in [3.63, 3.8) is 0 Å². The van der Waals surface area contributed by atoms with Crippen molar-refractivity contribution in [2.75, 3.05) is 26.5 Å². The van der Waals surface area contributed by atoms with Crippen LogP contribution in [0.5, 0.6) is 5.88 Å². The summed E-state index contributed by atoms with van der Waals surface area (Å²) >= 11 is 1.30. The third-order valence-corrected chi connectivity index (χ3v) is 5.47. The summed E-state index contributed by atoms with van der Waals surface area (Å²) in [5.41, 5.74) is 2.84. The number of thiazole rings is 1. The molecule has 4 aromatic rings. The summed E-state index contributed by atoms with van der Waals surface area (Å²) in [5.74, 6) is -0.255. The predicted molar refractivity (Wildman–Crippen MR) is 116 cm³/mol. The van der Waals surface area contributed by atoms with E-state index in [2.05, 4.69) is 25.4 Å². The maximum atomic E-state index is 12.7. The summed E-state index contributed by atoms with van der Waals surface area (Å²) < 4.78 is 7.85. The van der Waals surface area contributed by atoms with Crippen LogP contribution in [0.15, 0.2) is 36.9 Å². The van der Waals surface area contributed by atoms with Crippen LogP contribution in [0.3, 0.4) is 0 Å².